The molecular formula is C24H29N5O3S. The second-order valence-electron chi connectivity index (χ2n) is 8.77. The Bertz CT molecular complexity index is 1080. The van der Waals surface area contributed by atoms with Gasteiger partial charge in [-0.2, -0.15) is 0 Å². The van der Waals surface area contributed by atoms with Gasteiger partial charge in [-0.3, -0.25) is 14.2 Å². The molecule has 4 rings (SSSR count). The molecule has 1 amide bonds. The highest BCUT2D eigenvalue weighted by Gasteiger charge is 2.27. The molecule has 1 aliphatic heterocycles. The predicted octanol–water partition coefficient (Wildman–Crippen LogP) is 4.34. The molecule has 1 saturated heterocycles. The first-order chi connectivity index (χ1) is 15.9. The van der Waals surface area contributed by atoms with E-state index in [1.165, 1.54) is 25.1 Å². The number of nitrogens with zero attached hydrogens (tertiary/aromatic N) is 4. The van der Waals surface area contributed by atoms with E-state index >= 15 is 0 Å². The standard InChI is InChI=1S/C24H29N5O3S/c1-16-11-17(2)13-28(12-16)23-26-27-24(29(23)14-21-5-4-10-32-21)33-15-22(31)19-6-8-20(9-7-19)25-18(3)30/h4-10,16-17H,11-15H2,1-3H3,(H,25,30)/t16-,17+. The van der Waals surface area contributed by atoms with E-state index in [1.54, 1.807) is 30.5 Å². The van der Waals surface area contributed by atoms with E-state index in [2.05, 4.69) is 34.3 Å². The number of amides is 1. The second kappa shape index (κ2) is 10.2. The molecular weight excluding hydrogens is 438 g/mol. The van der Waals surface area contributed by atoms with Crippen molar-refractivity contribution in [3.63, 3.8) is 0 Å². The van der Waals surface area contributed by atoms with E-state index in [4.69, 9.17) is 4.42 Å². The van der Waals surface area contributed by atoms with Crippen LogP contribution in [-0.2, 0) is 11.3 Å². The van der Waals surface area contributed by atoms with Crippen LogP contribution >= 0.6 is 11.8 Å². The minimum Gasteiger partial charge on any atom is -0.467 e. The van der Waals surface area contributed by atoms with E-state index in [0.717, 1.165) is 24.8 Å². The molecule has 1 fully saturated rings. The van der Waals surface area contributed by atoms with Crippen LogP contribution in [0.3, 0.4) is 0 Å². The highest BCUT2D eigenvalue weighted by molar-refractivity contribution is 7.99. The van der Waals surface area contributed by atoms with Crippen molar-refractivity contribution in [2.45, 2.75) is 38.9 Å². The number of carbonyl (C=O) groups is 2. The number of Topliss-reactive ketones (excluding diaryl/α,β-unsaturated/α-hetero) is 1. The number of piperidine rings is 1. The zero-order valence-electron chi connectivity index (χ0n) is 19.2. The molecule has 3 heterocycles. The first kappa shape index (κ1) is 23.1. The average Bonchev–Trinajstić information content (AvgIpc) is 3.42. The highest BCUT2D eigenvalue weighted by Crippen LogP contribution is 2.29. The third kappa shape index (κ3) is 5.84. The number of carbonyl (C=O) groups excluding carboxylic acids is 2. The number of rotatable bonds is 8. The van der Waals surface area contributed by atoms with Gasteiger partial charge >= 0.3 is 0 Å². The summed E-state index contributed by atoms with van der Waals surface area (Å²) in [6, 6.07) is 10.7. The normalized spacial score (nSPS) is 18.3. The van der Waals surface area contributed by atoms with Crippen LogP contribution in [0.15, 0.2) is 52.2 Å². The summed E-state index contributed by atoms with van der Waals surface area (Å²) in [6.45, 7) is 8.36. The lowest BCUT2D eigenvalue weighted by Gasteiger charge is -2.35. The molecule has 8 nitrogen and oxygen atoms in total. The molecule has 0 unspecified atom stereocenters. The molecule has 0 bridgehead atoms. The first-order valence-electron chi connectivity index (χ1n) is 11.1. The summed E-state index contributed by atoms with van der Waals surface area (Å²) in [5.41, 5.74) is 1.26. The Morgan fingerprint density at radius 1 is 1.12 bits per heavy atom. The van der Waals surface area contributed by atoms with Crippen LogP contribution in [-0.4, -0.2) is 45.3 Å². The number of furan rings is 1. The van der Waals surface area contributed by atoms with Gasteiger partial charge in [0.05, 0.1) is 18.6 Å². The summed E-state index contributed by atoms with van der Waals surface area (Å²) in [6.07, 6.45) is 2.87. The molecule has 1 aliphatic rings. The van der Waals surface area contributed by atoms with Crippen LogP contribution in [0.5, 0.6) is 0 Å². The number of hydrogen-bond acceptors (Lipinski definition) is 7. The van der Waals surface area contributed by atoms with E-state index in [1.807, 2.05) is 16.7 Å². The SMILES string of the molecule is CC(=O)Nc1ccc(C(=O)CSc2nnc(N3C[C@H](C)C[C@H](C)C3)n2Cc2ccco2)cc1. The van der Waals surface area contributed by atoms with Crippen LogP contribution < -0.4 is 10.2 Å². The number of nitrogens with one attached hydrogen (secondary N) is 1. The lowest BCUT2D eigenvalue weighted by molar-refractivity contribution is -0.114. The van der Waals surface area contributed by atoms with Crippen LogP contribution in [0.2, 0.25) is 0 Å². The molecule has 3 aromatic rings. The summed E-state index contributed by atoms with van der Waals surface area (Å²) < 4.78 is 7.62. The number of ketones is 1. The van der Waals surface area contributed by atoms with Gasteiger partial charge in [0.15, 0.2) is 10.9 Å². The van der Waals surface area contributed by atoms with Gasteiger partial charge in [-0.25, -0.2) is 0 Å². The number of aromatic nitrogens is 3. The van der Waals surface area contributed by atoms with Crippen molar-refractivity contribution in [2.75, 3.05) is 29.1 Å². The minimum atomic E-state index is -0.145. The maximum absolute atomic E-state index is 12.8. The molecule has 33 heavy (non-hydrogen) atoms. The summed E-state index contributed by atoms with van der Waals surface area (Å²) in [7, 11) is 0. The zero-order valence-corrected chi connectivity index (χ0v) is 20.0. The summed E-state index contributed by atoms with van der Waals surface area (Å²) in [4.78, 5) is 26.3. The zero-order chi connectivity index (χ0) is 23.4. The van der Waals surface area contributed by atoms with Crippen molar-refractivity contribution in [3.05, 3.63) is 54.0 Å². The first-order valence-corrected chi connectivity index (χ1v) is 12.1. The Morgan fingerprint density at radius 3 is 2.48 bits per heavy atom. The van der Waals surface area contributed by atoms with Crippen LogP contribution in [0.1, 0.15) is 43.3 Å². The Labute approximate surface area is 197 Å². The molecule has 0 radical (unpaired) electrons. The Kier molecular flexibility index (Phi) is 7.17. The van der Waals surface area contributed by atoms with Gasteiger partial charge < -0.3 is 14.6 Å². The fourth-order valence-electron chi connectivity index (χ4n) is 4.30. The molecule has 1 aromatic carbocycles. The Balaban J connectivity index is 1.50. The predicted molar refractivity (Wildman–Crippen MR) is 129 cm³/mol. The van der Waals surface area contributed by atoms with Crippen molar-refractivity contribution in [2.24, 2.45) is 11.8 Å². The third-order valence-corrected chi connectivity index (χ3v) is 6.57. The Hall–Kier alpha value is -3.07. The second-order valence-corrected chi connectivity index (χ2v) is 9.71. The van der Waals surface area contributed by atoms with Crippen LogP contribution in [0.4, 0.5) is 11.6 Å². The number of hydrogen-bond donors (Lipinski definition) is 1. The third-order valence-electron chi connectivity index (χ3n) is 5.60. The molecule has 1 N–H and O–H groups in total. The molecule has 0 aliphatic carbocycles. The van der Waals surface area contributed by atoms with Crippen molar-refractivity contribution < 1.29 is 14.0 Å². The fraction of sp³-hybridized carbons (Fsp3) is 0.417. The van der Waals surface area contributed by atoms with Gasteiger partial charge in [0.2, 0.25) is 11.9 Å². The van der Waals surface area contributed by atoms with Crippen molar-refractivity contribution in [1.82, 2.24) is 14.8 Å². The summed E-state index contributed by atoms with van der Waals surface area (Å²) >= 11 is 1.37. The quantitative estimate of drug-likeness (QED) is 0.389. The van der Waals surface area contributed by atoms with Gasteiger partial charge in [-0.05, 0) is 54.7 Å². The minimum absolute atomic E-state index is 0.0105. The van der Waals surface area contributed by atoms with Crippen LogP contribution in [0, 0.1) is 11.8 Å². The fourth-order valence-corrected chi connectivity index (χ4v) is 5.13. The van der Waals surface area contributed by atoms with Crippen molar-refractivity contribution >= 4 is 35.1 Å². The smallest absolute Gasteiger partial charge is 0.228 e. The van der Waals surface area contributed by atoms with E-state index in [-0.39, 0.29) is 17.4 Å². The van der Waals surface area contributed by atoms with Crippen LogP contribution in [0.25, 0.3) is 0 Å². The Morgan fingerprint density at radius 2 is 1.85 bits per heavy atom. The monoisotopic (exact) mass is 467 g/mol. The molecule has 0 saturated carbocycles. The number of thioether (sulfide) groups is 1. The highest BCUT2D eigenvalue weighted by atomic mass is 32.2. The van der Waals surface area contributed by atoms with Gasteiger partial charge in [-0.15, -0.1) is 10.2 Å². The van der Waals surface area contributed by atoms with Gasteiger partial charge in [0.1, 0.15) is 5.76 Å². The lowest BCUT2D eigenvalue weighted by Crippen LogP contribution is -2.40. The largest absolute Gasteiger partial charge is 0.467 e. The maximum atomic E-state index is 12.8. The maximum Gasteiger partial charge on any atom is 0.228 e. The average molecular weight is 468 g/mol. The van der Waals surface area contributed by atoms with E-state index in [0.29, 0.717) is 34.8 Å². The summed E-state index contributed by atoms with van der Waals surface area (Å²) in [5, 5.41) is 12.3. The van der Waals surface area contributed by atoms with Crippen molar-refractivity contribution in [1.29, 1.82) is 0 Å². The topological polar surface area (TPSA) is 93.3 Å². The van der Waals surface area contributed by atoms with E-state index < -0.39 is 0 Å². The van der Waals surface area contributed by atoms with Gasteiger partial charge in [-0.1, -0.05) is 25.6 Å². The molecule has 2 atom stereocenters. The molecule has 2 aromatic heterocycles. The summed E-state index contributed by atoms with van der Waals surface area (Å²) in [5.74, 6) is 2.89. The molecule has 9 heteroatoms. The lowest BCUT2D eigenvalue weighted by atomic mass is 9.92. The number of anilines is 2. The van der Waals surface area contributed by atoms with Crippen molar-refractivity contribution in [3.8, 4) is 0 Å². The number of benzene rings is 1. The molecule has 0 spiro atoms. The van der Waals surface area contributed by atoms with Gasteiger partial charge in [0.25, 0.3) is 0 Å². The van der Waals surface area contributed by atoms with E-state index in [9.17, 15) is 9.59 Å². The molecule has 174 valence electrons. The van der Waals surface area contributed by atoms with Gasteiger partial charge in [0, 0.05) is 31.3 Å².